The number of hydrogen-bond donors (Lipinski definition) is 1. The van der Waals surface area contributed by atoms with Crippen LogP contribution in [0, 0.1) is 0 Å². The summed E-state index contributed by atoms with van der Waals surface area (Å²) in [6, 6.07) is 16.4. The first-order chi connectivity index (χ1) is 9.26. The van der Waals surface area contributed by atoms with Crippen molar-refractivity contribution in [1.82, 2.24) is 5.32 Å². The van der Waals surface area contributed by atoms with E-state index >= 15 is 0 Å². The highest BCUT2D eigenvalue weighted by atomic mass is 35.5. The maximum atomic E-state index is 6.16. The molecular formula is C16H19ClN2. The molecule has 2 rings (SSSR count). The third-order valence-electron chi connectivity index (χ3n) is 3.09. The van der Waals surface area contributed by atoms with E-state index in [0.717, 1.165) is 23.8 Å². The summed E-state index contributed by atoms with van der Waals surface area (Å²) < 4.78 is 0. The van der Waals surface area contributed by atoms with Crippen molar-refractivity contribution in [1.29, 1.82) is 0 Å². The van der Waals surface area contributed by atoms with Gasteiger partial charge in [0.2, 0.25) is 0 Å². The van der Waals surface area contributed by atoms with E-state index in [-0.39, 0.29) is 0 Å². The molecule has 0 aliphatic heterocycles. The van der Waals surface area contributed by atoms with Crippen molar-refractivity contribution in [2.75, 3.05) is 18.5 Å². The van der Waals surface area contributed by atoms with Gasteiger partial charge in [0.1, 0.15) is 0 Å². The van der Waals surface area contributed by atoms with Crippen LogP contribution >= 0.6 is 11.6 Å². The SMILES string of the molecule is CCN(c1ccccc1)c1cc(Cl)ccc1CNC. The van der Waals surface area contributed by atoms with Gasteiger partial charge in [-0.15, -0.1) is 0 Å². The Kier molecular flexibility index (Phi) is 4.83. The molecule has 2 nitrogen and oxygen atoms in total. The first-order valence-electron chi connectivity index (χ1n) is 6.52. The molecule has 0 heterocycles. The lowest BCUT2D eigenvalue weighted by Crippen LogP contribution is -2.19. The zero-order chi connectivity index (χ0) is 13.7. The number of halogens is 1. The zero-order valence-corrected chi connectivity index (χ0v) is 12.1. The summed E-state index contributed by atoms with van der Waals surface area (Å²) >= 11 is 6.16. The van der Waals surface area contributed by atoms with Crippen LogP contribution in [0.2, 0.25) is 5.02 Å². The van der Waals surface area contributed by atoms with E-state index in [1.54, 1.807) is 0 Å². The molecule has 19 heavy (non-hydrogen) atoms. The van der Waals surface area contributed by atoms with E-state index in [2.05, 4.69) is 47.5 Å². The maximum absolute atomic E-state index is 6.16. The number of hydrogen-bond acceptors (Lipinski definition) is 2. The molecular weight excluding hydrogens is 256 g/mol. The van der Waals surface area contributed by atoms with Gasteiger partial charge in [-0.3, -0.25) is 0 Å². The van der Waals surface area contributed by atoms with Crippen LogP contribution in [-0.2, 0) is 6.54 Å². The van der Waals surface area contributed by atoms with Gasteiger partial charge >= 0.3 is 0 Å². The van der Waals surface area contributed by atoms with Gasteiger partial charge in [-0.25, -0.2) is 0 Å². The fourth-order valence-corrected chi connectivity index (χ4v) is 2.39. The normalized spacial score (nSPS) is 10.5. The highest BCUT2D eigenvalue weighted by molar-refractivity contribution is 6.30. The summed E-state index contributed by atoms with van der Waals surface area (Å²) in [5.41, 5.74) is 3.60. The number of para-hydroxylation sites is 1. The molecule has 0 radical (unpaired) electrons. The largest absolute Gasteiger partial charge is 0.341 e. The Bertz CT molecular complexity index is 526. The van der Waals surface area contributed by atoms with Crippen molar-refractivity contribution in [2.24, 2.45) is 0 Å². The molecule has 0 amide bonds. The summed E-state index contributed by atoms with van der Waals surface area (Å²) in [6.45, 7) is 3.88. The molecule has 0 atom stereocenters. The van der Waals surface area contributed by atoms with E-state index in [1.807, 2.05) is 25.2 Å². The fraction of sp³-hybridized carbons (Fsp3) is 0.250. The number of anilines is 2. The molecule has 2 aromatic rings. The van der Waals surface area contributed by atoms with E-state index in [9.17, 15) is 0 Å². The number of rotatable bonds is 5. The Hall–Kier alpha value is -1.51. The highest BCUT2D eigenvalue weighted by Crippen LogP contribution is 2.30. The molecule has 0 bridgehead atoms. The maximum Gasteiger partial charge on any atom is 0.0471 e. The molecule has 0 fully saturated rings. The van der Waals surface area contributed by atoms with E-state index < -0.39 is 0 Å². The molecule has 0 spiro atoms. The number of nitrogens with one attached hydrogen (secondary N) is 1. The first-order valence-corrected chi connectivity index (χ1v) is 6.89. The Morgan fingerprint density at radius 2 is 1.84 bits per heavy atom. The van der Waals surface area contributed by atoms with Gasteiger partial charge in [0.15, 0.2) is 0 Å². The summed E-state index contributed by atoms with van der Waals surface area (Å²) in [5, 5.41) is 3.97. The van der Waals surface area contributed by atoms with Crippen LogP contribution in [0.5, 0.6) is 0 Å². The van der Waals surface area contributed by atoms with Gasteiger partial charge in [0.05, 0.1) is 0 Å². The Morgan fingerprint density at radius 1 is 1.11 bits per heavy atom. The van der Waals surface area contributed by atoms with Gasteiger partial charge in [0.25, 0.3) is 0 Å². The van der Waals surface area contributed by atoms with Crippen LogP contribution in [0.1, 0.15) is 12.5 Å². The smallest absolute Gasteiger partial charge is 0.0471 e. The minimum atomic E-state index is 0.768. The first kappa shape index (κ1) is 13.9. The predicted octanol–water partition coefficient (Wildman–Crippen LogP) is 4.22. The third kappa shape index (κ3) is 3.28. The highest BCUT2D eigenvalue weighted by Gasteiger charge is 2.11. The van der Waals surface area contributed by atoms with Gasteiger partial charge in [-0.2, -0.15) is 0 Å². The topological polar surface area (TPSA) is 15.3 Å². The quantitative estimate of drug-likeness (QED) is 0.878. The Balaban J connectivity index is 2.45. The fourth-order valence-electron chi connectivity index (χ4n) is 2.23. The van der Waals surface area contributed by atoms with E-state index in [4.69, 9.17) is 11.6 Å². The van der Waals surface area contributed by atoms with E-state index in [1.165, 1.54) is 11.3 Å². The predicted molar refractivity (Wildman–Crippen MR) is 83.3 cm³/mol. The van der Waals surface area contributed by atoms with Crippen LogP contribution in [0.3, 0.4) is 0 Å². The van der Waals surface area contributed by atoms with Gasteiger partial charge < -0.3 is 10.2 Å². The van der Waals surface area contributed by atoms with Crippen LogP contribution in [0.4, 0.5) is 11.4 Å². The van der Waals surface area contributed by atoms with Crippen molar-refractivity contribution in [3.8, 4) is 0 Å². The van der Waals surface area contributed by atoms with Crippen LogP contribution < -0.4 is 10.2 Å². The molecule has 0 unspecified atom stereocenters. The molecule has 0 saturated carbocycles. The van der Waals surface area contributed by atoms with Gasteiger partial charge in [-0.05, 0) is 43.8 Å². The Morgan fingerprint density at radius 3 is 2.47 bits per heavy atom. The zero-order valence-electron chi connectivity index (χ0n) is 11.4. The van der Waals surface area contributed by atoms with Crippen LogP contribution in [-0.4, -0.2) is 13.6 Å². The monoisotopic (exact) mass is 274 g/mol. The molecule has 0 aromatic heterocycles. The Labute approximate surface area is 120 Å². The average molecular weight is 275 g/mol. The summed E-state index contributed by atoms with van der Waals surface area (Å²) in [5.74, 6) is 0. The number of benzene rings is 2. The average Bonchev–Trinajstić information content (AvgIpc) is 2.44. The third-order valence-corrected chi connectivity index (χ3v) is 3.32. The van der Waals surface area contributed by atoms with Crippen molar-refractivity contribution in [3.63, 3.8) is 0 Å². The van der Waals surface area contributed by atoms with Crippen molar-refractivity contribution < 1.29 is 0 Å². The molecule has 100 valence electrons. The molecule has 0 aliphatic carbocycles. The van der Waals surface area contributed by atoms with Crippen molar-refractivity contribution >= 4 is 23.0 Å². The van der Waals surface area contributed by atoms with Gasteiger partial charge in [0, 0.05) is 29.5 Å². The molecule has 1 N–H and O–H groups in total. The minimum Gasteiger partial charge on any atom is -0.341 e. The lowest BCUT2D eigenvalue weighted by Gasteiger charge is -2.26. The minimum absolute atomic E-state index is 0.768. The second-order valence-corrected chi connectivity index (χ2v) is 4.82. The van der Waals surface area contributed by atoms with Crippen LogP contribution in [0.25, 0.3) is 0 Å². The summed E-state index contributed by atoms with van der Waals surface area (Å²) in [6.07, 6.45) is 0. The number of nitrogens with zero attached hydrogens (tertiary/aromatic N) is 1. The second kappa shape index (κ2) is 6.60. The van der Waals surface area contributed by atoms with Gasteiger partial charge in [-0.1, -0.05) is 35.9 Å². The summed E-state index contributed by atoms with van der Waals surface area (Å²) in [7, 11) is 1.96. The molecule has 0 saturated heterocycles. The van der Waals surface area contributed by atoms with E-state index in [0.29, 0.717) is 0 Å². The van der Waals surface area contributed by atoms with Crippen molar-refractivity contribution in [2.45, 2.75) is 13.5 Å². The molecule has 3 heteroatoms. The second-order valence-electron chi connectivity index (χ2n) is 4.38. The lowest BCUT2D eigenvalue weighted by atomic mass is 10.1. The molecule has 2 aromatic carbocycles. The van der Waals surface area contributed by atoms with Crippen LogP contribution in [0.15, 0.2) is 48.5 Å². The molecule has 0 aliphatic rings. The van der Waals surface area contributed by atoms with Crippen molar-refractivity contribution in [3.05, 3.63) is 59.1 Å². The lowest BCUT2D eigenvalue weighted by molar-refractivity contribution is 0.813. The summed E-state index contributed by atoms with van der Waals surface area (Å²) in [4.78, 5) is 2.28. The standard InChI is InChI=1S/C16H19ClN2/c1-3-19(15-7-5-4-6-8-15)16-11-14(17)10-9-13(16)12-18-2/h4-11,18H,3,12H2,1-2H3.